The summed E-state index contributed by atoms with van der Waals surface area (Å²) in [5.41, 5.74) is 8.81. The van der Waals surface area contributed by atoms with Crippen LogP contribution in [0.4, 0.5) is 0 Å². The predicted octanol–water partition coefficient (Wildman–Crippen LogP) is 1.82. The van der Waals surface area contributed by atoms with Crippen LogP contribution in [0.2, 0.25) is 0 Å². The van der Waals surface area contributed by atoms with Crippen molar-refractivity contribution in [1.82, 2.24) is 9.80 Å². The molecule has 3 rings (SSSR count). The van der Waals surface area contributed by atoms with E-state index in [9.17, 15) is 0 Å². The van der Waals surface area contributed by atoms with Gasteiger partial charge in [-0.3, -0.25) is 4.90 Å². The second-order valence-corrected chi connectivity index (χ2v) is 6.38. The van der Waals surface area contributed by atoms with Crippen molar-refractivity contribution in [2.75, 3.05) is 39.4 Å². The molecule has 0 amide bonds. The molecule has 2 fully saturated rings. The molecule has 2 heterocycles. The van der Waals surface area contributed by atoms with Crippen molar-refractivity contribution < 1.29 is 4.74 Å². The summed E-state index contributed by atoms with van der Waals surface area (Å²) in [6.07, 6.45) is 3.76. The van der Waals surface area contributed by atoms with E-state index >= 15 is 0 Å². The molecule has 5 nitrogen and oxygen atoms in total. The number of morpholine rings is 1. The molecule has 0 saturated carbocycles. The highest BCUT2D eigenvalue weighted by atomic mass is 16.5. The van der Waals surface area contributed by atoms with Crippen LogP contribution in [0, 0.1) is 0 Å². The molecule has 126 valence electrons. The lowest BCUT2D eigenvalue weighted by atomic mass is 10.1. The van der Waals surface area contributed by atoms with Crippen molar-refractivity contribution in [1.29, 1.82) is 0 Å². The highest BCUT2D eigenvalue weighted by molar-refractivity contribution is 5.78. The molecule has 2 N–H and O–H groups in total. The van der Waals surface area contributed by atoms with Gasteiger partial charge in [0.25, 0.3) is 0 Å². The standard InChI is InChI=1S/C18H28N4O/c19-18(22-8-4-1-5-9-22)20-14-16-6-2-3-7-17(16)15-21-10-12-23-13-11-21/h2-3,6-7H,1,4-5,8-15H2,(H2,19,20). The first-order chi connectivity index (χ1) is 11.3. The third-order valence-corrected chi connectivity index (χ3v) is 4.71. The summed E-state index contributed by atoms with van der Waals surface area (Å²) < 4.78 is 5.43. The summed E-state index contributed by atoms with van der Waals surface area (Å²) in [4.78, 5) is 9.31. The van der Waals surface area contributed by atoms with Crippen LogP contribution in [-0.4, -0.2) is 55.2 Å². The van der Waals surface area contributed by atoms with Crippen LogP contribution in [-0.2, 0) is 17.8 Å². The Kier molecular flexibility index (Phi) is 5.88. The third kappa shape index (κ3) is 4.69. The van der Waals surface area contributed by atoms with Crippen LogP contribution in [0.25, 0.3) is 0 Å². The number of aliphatic imine (C=N–C) groups is 1. The number of ether oxygens (including phenoxy) is 1. The van der Waals surface area contributed by atoms with Gasteiger partial charge in [-0.15, -0.1) is 0 Å². The van der Waals surface area contributed by atoms with Gasteiger partial charge in [0.05, 0.1) is 19.8 Å². The highest BCUT2D eigenvalue weighted by Gasteiger charge is 2.14. The molecule has 0 atom stereocenters. The Morgan fingerprint density at radius 3 is 2.43 bits per heavy atom. The maximum absolute atomic E-state index is 6.18. The number of rotatable bonds is 4. The lowest BCUT2D eigenvalue weighted by Gasteiger charge is -2.28. The van der Waals surface area contributed by atoms with Gasteiger partial charge in [-0.05, 0) is 30.4 Å². The Morgan fingerprint density at radius 1 is 1.00 bits per heavy atom. The highest BCUT2D eigenvalue weighted by Crippen LogP contribution is 2.15. The number of nitrogens with two attached hydrogens (primary N) is 1. The van der Waals surface area contributed by atoms with E-state index in [-0.39, 0.29) is 0 Å². The number of hydrogen-bond acceptors (Lipinski definition) is 3. The molecule has 0 unspecified atom stereocenters. The van der Waals surface area contributed by atoms with Gasteiger partial charge in [-0.1, -0.05) is 24.3 Å². The maximum Gasteiger partial charge on any atom is 0.191 e. The maximum atomic E-state index is 6.18. The number of hydrogen-bond donors (Lipinski definition) is 1. The SMILES string of the molecule is NC(=NCc1ccccc1CN1CCOCC1)N1CCCCC1. The summed E-state index contributed by atoms with van der Waals surface area (Å²) >= 11 is 0. The molecule has 2 saturated heterocycles. The van der Waals surface area contributed by atoms with Crippen LogP contribution in [0.15, 0.2) is 29.3 Å². The largest absolute Gasteiger partial charge is 0.379 e. The van der Waals surface area contributed by atoms with Crippen molar-refractivity contribution in [2.24, 2.45) is 10.7 Å². The van der Waals surface area contributed by atoms with Gasteiger partial charge >= 0.3 is 0 Å². The van der Waals surface area contributed by atoms with Gasteiger partial charge in [0.2, 0.25) is 0 Å². The summed E-state index contributed by atoms with van der Waals surface area (Å²) in [7, 11) is 0. The second kappa shape index (κ2) is 8.31. The molecule has 1 aromatic carbocycles. The molecule has 0 bridgehead atoms. The van der Waals surface area contributed by atoms with E-state index in [2.05, 4.69) is 39.1 Å². The molecule has 5 heteroatoms. The summed E-state index contributed by atoms with van der Waals surface area (Å²) in [6.45, 7) is 7.42. The van der Waals surface area contributed by atoms with Gasteiger partial charge in [-0.25, -0.2) is 4.99 Å². The first-order valence-electron chi connectivity index (χ1n) is 8.75. The van der Waals surface area contributed by atoms with Crippen molar-refractivity contribution in [2.45, 2.75) is 32.4 Å². The molecule has 0 aromatic heterocycles. The quantitative estimate of drug-likeness (QED) is 0.680. The van der Waals surface area contributed by atoms with Crippen LogP contribution in [0.3, 0.4) is 0 Å². The summed E-state index contributed by atoms with van der Waals surface area (Å²) in [5.74, 6) is 0.700. The van der Waals surface area contributed by atoms with E-state index in [1.54, 1.807) is 0 Å². The fourth-order valence-electron chi connectivity index (χ4n) is 3.26. The predicted molar refractivity (Wildman–Crippen MR) is 93.3 cm³/mol. The zero-order chi connectivity index (χ0) is 15.9. The van der Waals surface area contributed by atoms with E-state index in [4.69, 9.17) is 10.5 Å². The van der Waals surface area contributed by atoms with Crippen LogP contribution in [0.1, 0.15) is 30.4 Å². The second-order valence-electron chi connectivity index (χ2n) is 6.38. The van der Waals surface area contributed by atoms with Gasteiger partial charge in [0.15, 0.2) is 5.96 Å². The molecule has 0 spiro atoms. The van der Waals surface area contributed by atoms with E-state index in [0.29, 0.717) is 12.5 Å². The lowest BCUT2D eigenvalue weighted by Crippen LogP contribution is -2.40. The van der Waals surface area contributed by atoms with Crippen LogP contribution >= 0.6 is 0 Å². The first-order valence-corrected chi connectivity index (χ1v) is 8.75. The topological polar surface area (TPSA) is 54.1 Å². The van der Waals surface area contributed by atoms with Crippen LogP contribution < -0.4 is 5.73 Å². The fourth-order valence-corrected chi connectivity index (χ4v) is 3.26. The molecular formula is C18H28N4O. The van der Waals surface area contributed by atoms with Gasteiger partial charge in [0.1, 0.15) is 0 Å². The number of benzene rings is 1. The van der Waals surface area contributed by atoms with Gasteiger partial charge in [-0.2, -0.15) is 0 Å². The monoisotopic (exact) mass is 316 g/mol. The molecule has 1 aromatic rings. The fraction of sp³-hybridized carbons (Fsp3) is 0.611. The van der Waals surface area contributed by atoms with E-state index in [1.807, 2.05) is 0 Å². The van der Waals surface area contributed by atoms with Crippen molar-refractivity contribution >= 4 is 5.96 Å². The van der Waals surface area contributed by atoms with Crippen molar-refractivity contribution in [3.63, 3.8) is 0 Å². The third-order valence-electron chi connectivity index (χ3n) is 4.71. The summed E-state index contributed by atoms with van der Waals surface area (Å²) in [5, 5.41) is 0. The van der Waals surface area contributed by atoms with E-state index in [1.165, 1.54) is 30.4 Å². The molecule has 23 heavy (non-hydrogen) atoms. The number of nitrogens with zero attached hydrogens (tertiary/aromatic N) is 3. The Hall–Kier alpha value is -1.59. The van der Waals surface area contributed by atoms with Crippen molar-refractivity contribution in [3.05, 3.63) is 35.4 Å². The lowest BCUT2D eigenvalue weighted by molar-refractivity contribution is 0.0341. The van der Waals surface area contributed by atoms with E-state index in [0.717, 1.165) is 45.9 Å². The minimum absolute atomic E-state index is 0.669. The minimum Gasteiger partial charge on any atom is -0.379 e. The van der Waals surface area contributed by atoms with Gasteiger partial charge in [0, 0.05) is 32.7 Å². The average molecular weight is 316 g/mol. The molecule has 0 aliphatic carbocycles. The zero-order valence-electron chi connectivity index (χ0n) is 13.9. The Labute approximate surface area is 139 Å². The molecule has 2 aliphatic heterocycles. The van der Waals surface area contributed by atoms with Gasteiger partial charge < -0.3 is 15.4 Å². The first kappa shape index (κ1) is 16.3. The summed E-state index contributed by atoms with van der Waals surface area (Å²) in [6, 6.07) is 8.57. The van der Waals surface area contributed by atoms with E-state index < -0.39 is 0 Å². The Morgan fingerprint density at radius 2 is 1.70 bits per heavy atom. The van der Waals surface area contributed by atoms with Crippen LogP contribution in [0.5, 0.6) is 0 Å². The Balaban J connectivity index is 1.62. The number of piperidine rings is 1. The number of likely N-dealkylation sites (tertiary alicyclic amines) is 1. The zero-order valence-corrected chi connectivity index (χ0v) is 13.9. The normalized spacial score (nSPS) is 20.7. The smallest absolute Gasteiger partial charge is 0.191 e. The number of guanidine groups is 1. The molecule has 0 radical (unpaired) electrons. The average Bonchev–Trinajstić information content (AvgIpc) is 2.62. The molecular weight excluding hydrogens is 288 g/mol. The van der Waals surface area contributed by atoms with Crippen molar-refractivity contribution in [3.8, 4) is 0 Å². The Bertz CT molecular complexity index is 520. The molecule has 2 aliphatic rings. The minimum atomic E-state index is 0.669.